The average molecular weight is 858 g/mol. The van der Waals surface area contributed by atoms with Crippen molar-refractivity contribution in [1.29, 1.82) is 5.26 Å². The van der Waals surface area contributed by atoms with Gasteiger partial charge in [0.1, 0.15) is 11.5 Å². The number of aromatic carboxylic acids is 1. The van der Waals surface area contributed by atoms with E-state index >= 15 is 0 Å². The zero-order valence-corrected chi connectivity index (χ0v) is 38.3. The second-order valence-corrected chi connectivity index (χ2v) is 18.7. The highest BCUT2D eigenvalue weighted by Gasteiger charge is 2.29. The van der Waals surface area contributed by atoms with Crippen LogP contribution in [0.3, 0.4) is 0 Å². The maximum Gasteiger partial charge on any atom is 0.335 e. The van der Waals surface area contributed by atoms with Crippen LogP contribution in [-0.4, -0.2) is 47.4 Å². The molecule has 4 aromatic carbocycles. The van der Waals surface area contributed by atoms with Gasteiger partial charge in [-0.3, -0.25) is 0 Å². The van der Waals surface area contributed by atoms with Gasteiger partial charge >= 0.3 is 18.0 Å². The second-order valence-electron chi connectivity index (χ2n) is 18.7. The predicted octanol–water partition coefficient (Wildman–Crippen LogP) is 11.0. The fourth-order valence-corrected chi connectivity index (χ4v) is 8.05. The smallest absolute Gasteiger partial charge is 0.335 e. The van der Waals surface area contributed by atoms with Crippen LogP contribution in [0.2, 0.25) is 0 Å². The summed E-state index contributed by atoms with van der Waals surface area (Å²) in [6.07, 6.45) is 7.14. The van der Waals surface area contributed by atoms with Crippen molar-refractivity contribution in [3.05, 3.63) is 130 Å². The number of amides is 4. The van der Waals surface area contributed by atoms with E-state index in [-0.39, 0.29) is 41.9 Å². The molecule has 336 valence electrons. The normalized spacial score (nSPS) is 18.8. The number of ether oxygens (including phenoxy) is 2. The minimum atomic E-state index is -0.947. The predicted molar refractivity (Wildman–Crippen MR) is 248 cm³/mol. The van der Waals surface area contributed by atoms with Gasteiger partial charge in [0.05, 0.1) is 40.5 Å². The lowest BCUT2D eigenvalue weighted by molar-refractivity contribution is 0.0696. The van der Waals surface area contributed by atoms with Crippen LogP contribution in [0.5, 0.6) is 11.5 Å². The van der Waals surface area contributed by atoms with Gasteiger partial charge in [-0.1, -0.05) is 76.2 Å². The van der Waals surface area contributed by atoms with E-state index in [0.717, 1.165) is 68.2 Å². The Morgan fingerprint density at radius 1 is 0.603 bits per heavy atom. The summed E-state index contributed by atoms with van der Waals surface area (Å²) >= 11 is 0. The molecule has 2 fully saturated rings. The maximum absolute atomic E-state index is 12.7. The first-order chi connectivity index (χ1) is 29.9. The van der Waals surface area contributed by atoms with Crippen molar-refractivity contribution >= 4 is 18.0 Å². The Bertz CT molecular complexity index is 2160. The van der Waals surface area contributed by atoms with Crippen LogP contribution in [0, 0.1) is 11.3 Å². The minimum Gasteiger partial charge on any atom is -0.490 e. The lowest BCUT2D eigenvalue weighted by Crippen LogP contribution is -2.50. The summed E-state index contributed by atoms with van der Waals surface area (Å²) in [5.41, 5.74) is 4.67. The Hall–Kier alpha value is -6.02. The summed E-state index contributed by atoms with van der Waals surface area (Å²) in [6.45, 7) is 16.8. The monoisotopic (exact) mass is 858 g/mol. The third kappa shape index (κ3) is 14.5. The van der Waals surface area contributed by atoms with Crippen LogP contribution >= 0.6 is 0 Å². The molecule has 2 aliphatic carbocycles. The number of benzene rings is 4. The molecule has 0 aliphatic heterocycles. The molecular weight excluding hydrogens is 791 g/mol. The quantitative estimate of drug-likeness (QED) is 0.0894. The second kappa shape index (κ2) is 21.9. The Morgan fingerprint density at radius 2 is 0.984 bits per heavy atom. The first-order valence-corrected chi connectivity index (χ1v) is 22.5. The fraction of sp³-hybridized carbons (Fsp3) is 0.462. The summed E-state index contributed by atoms with van der Waals surface area (Å²) in [6, 6.07) is 32.6. The van der Waals surface area contributed by atoms with E-state index in [0.29, 0.717) is 23.1 Å². The number of nitrogens with one attached hydrogen (secondary N) is 4. The van der Waals surface area contributed by atoms with E-state index in [1.807, 2.05) is 45.9 Å². The molecule has 0 unspecified atom stereocenters. The molecule has 0 saturated heterocycles. The van der Waals surface area contributed by atoms with Crippen LogP contribution in [-0.2, 0) is 11.1 Å². The number of carboxylic acids is 1. The number of nitriles is 1. The first-order valence-electron chi connectivity index (χ1n) is 22.5. The molecule has 2 saturated carbocycles. The topological polar surface area (TPSA) is 162 Å². The number of carbonyl (C=O) groups excluding carboxylic acids is 2. The fourth-order valence-electron chi connectivity index (χ4n) is 8.05. The van der Waals surface area contributed by atoms with Gasteiger partial charge < -0.3 is 35.8 Å². The van der Waals surface area contributed by atoms with E-state index in [4.69, 9.17) is 19.8 Å². The highest BCUT2D eigenvalue weighted by molar-refractivity contribution is 5.87. The number of carboxylic acid groups (broad SMARTS) is 1. The summed E-state index contributed by atoms with van der Waals surface area (Å²) < 4.78 is 12.0. The van der Waals surface area contributed by atoms with Crippen LogP contribution in [0.1, 0.15) is 157 Å². The summed E-state index contributed by atoms with van der Waals surface area (Å²) in [5, 5.41) is 30.4. The van der Waals surface area contributed by atoms with Gasteiger partial charge in [-0.15, -0.1) is 0 Å². The van der Waals surface area contributed by atoms with E-state index in [2.05, 4.69) is 97.5 Å². The molecule has 63 heavy (non-hydrogen) atoms. The Kier molecular flexibility index (Phi) is 16.7. The van der Waals surface area contributed by atoms with Crippen molar-refractivity contribution in [2.45, 2.75) is 154 Å². The van der Waals surface area contributed by atoms with Gasteiger partial charge in [-0.05, 0) is 162 Å². The minimum absolute atomic E-state index is 0.0713. The maximum atomic E-state index is 12.7. The third-order valence-electron chi connectivity index (χ3n) is 12.1. The summed E-state index contributed by atoms with van der Waals surface area (Å²) in [7, 11) is 0. The van der Waals surface area contributed by atoms with Gasteiger partial charge in [0.2, 0.25) is 0 Å². The molecule has 2 aliphatic rings. The van der Waals surface area contributed by atoms with Crippen molar-refractivity contribution < 1.29 is 29.0 Å². The lowest BCUT2D eigenvalue weighted by atomic mass is 9.90. The zero-order valence-electron chi connectivity index (χ0n) is 38.3. The number of nitrogens with zero attached hydrogens (tertiary/aromatic N) is 1. The van der Waals surface area contributed by atoms with E-state index in [1.54, 1.807) is 36.4 Å². The van der Waals surface area contributed by atoms with Gasteiger partial charge in [-0.25, -0.2) is 14.4 Å². The molecule has 11 heteroatoms. The lowest BCUT2D eigenvalue weighted by Gasteiger charge is -2.32. The Morgan fingerprint density at radius 3 is 1.33 bits per heavy atom. The van der Waals surface area contributed by atoms with Gasteiger partial charge in [0.15, 0.2) is 0 Å². The molecule has 4 amide bonds. The summed E-state index contributed by atoms with van der Waals surface area (Å²) in [5.74, 6) is 1.41. The van der Waals surface area contributed by atoms with Crippen LogP contribution in [0.25, 0.3) is 0 Å². The van der Waals surface area contributed by atoms with E-state index in [1.165, 1.54) is 11.1 Å². The van der Waals surface area contributed by atoms with Gasteiger partial charge in [0.25, 0.3) is 0 Å². The molecule has 0 radical (unpaired) electrons. The zero-order chi connectivity index (χ0) is 45.7. The number of hydrogen-bond donors (Lipinski definition) is 5. The Balaban J connectivity index is 0.000000238. The van der Waals surface area contributed by atoms with E-state index < -0.39 is 17.0 Å². The van der Waals surface area contributed by atoms with E-state index in [9.17, 15) is 14.4 Å². The SMILES string of the molecule is CC(C)c1cccc(C(C)(C)NC(=O)NC2CCC(Oc3ccc(C#N)cc3)CC2)c1.CC(C)c1cccc(C(C)(C)NC(=O)NC2CCC(Oc3ccc(C(=O)O)cc3)CC2)c1. The molecule has 0 atom stereocenters. The Labute approximate surface area is 374 Å². The molecule has 11 nitrogen and oxygen atoms in total. The summed E-state index contributed by atoms with van der Waals surface area (Å²) in [4.78, 5) is 36.3. The number of hydrogen-bond acceptors (Lipinski definition) is 6. The molecule has 0 spiro atoms. The number of carbonyl (C=O) groups is 3. The molecule has 5 N–H and O–H groups in total. The van der Waals surface area contributed by atoms with Crippen molar-refractivity contribution in [3.8, 4) is 17.6 Å². The van der Waals surface area contributed by atoms with Gasteiger partial charge in [0, 0.05) is 12.1 Å². The molecular formula is C52H67N5O6. The van der Waals surface area contributed by atoms with Crippen LogP contribution < -0.4 is 30.7 Å². The third-order valence-corrected chi connectivity index (χ3v) is 12.1. The largest absolute Gasteiger partial charge is 0.490 e. The van der Waals surface area contributed by atoms with Crippen molar-refractivity contribution in [1.82, 2.24) is 21.3 Å². The van der Waals surface area contributed by atoms with Crippen molar-refractivity contribution in [2.75, 3.05) is 0 Å². The van der Waals surface area contributed by atoms with Crippen molar-refractivity contribution in [3.63, 3.8) is 0 Å². The standard InChI is InChI=1S/C26H33N3O2.C26H34N2O4/c1-18(2)20-6-5-7-21(16-20)26(3,4)29-25(30)28-22-10-14-24(15-11-22)31-23-12-8-19(17-27)9-13-23;1-17(2)19-6-5-7-20(16-19)26(3,4)28-25(31)27-21-10-14-23(15-11-21)32-22-12-8-18(9-13-22)24(29)30/h5-9,12-13,16,18,22,24H,10-11,14-15H2,1-4H3,(H2,28,29,30);5-9,12-13,16-17,21,23H,10-11,14-15H2,1-4H3,(H,29,30)(H2,27,28,31). The number of urea groups is 2. The molecule has 4 aromatic rings. The molecule has 0 bridgehead atoms. The average Bonchev–Trinajstić information content (AvgIpc) is 3.25. The van der Waals surface area contributed by atoms with Crippen LogP contribution in [0.4, 0.5) is 9.59 Å². The molecule has 6 rings (SSSR count). The van der Waals surface area contributed by atoms with Crippen molar-refractivity contribution in [2.24, 2.45) is 0 Å². The molecule has 0 aromatic heterocycles. The van der Waals surface area contributed by atoms with Gasteiger partial charge in [-0.2, -0.15) is 5.26 Å². The highest BCUT2D eigenvalue weighted by Crippen LogP contribution is 2.29. The van der Waals surface area contributed by atoms with Crippen LogP contribution in [0.15, 0.2) is 97.1 Å². The molecule has 0 heterocycles. The highest BCUT2D eigenvalue weighted by atomic mass is 16.5. The number of rotatable bonds is 13. The first kappa shape index (κ1) is 48.0.